The molecule has 0 unspecified atom stereocenters. The topological polar surface area (TPSA) is 48.2 Å². The van der Waals surface area contributed by atoms with Crippen LogP contribution in [-0.2, 0) is 6.61 Å². The van der Waals surface area contributed by atoms with Crippen molar-refractivity contribution in [1.82, 2.24) is 10.1 Å². The molecule has 1 aromatic heterocycles. The van der Waals surface area contributed by atoms with Crippen molar-refractivity contribution >= 4 is 31.9 Å². The van der Waals surface area contributed by atoms with Crippen molar-refractivity contribution in [2.24, 2.45) is 0 Å². The van der Waals surface area contributed by atoms with Gasteiger partial charge in [0, 0.05) is 14.5 Å². The molecule has 0 spiro atoms. The molecule has 0 fully saturated rings. The maximum absolute atomic E-state index is 5.67. The van der Waals surface area contributed by atoms with E-state index in [1.54, 1.807) is 0 Å². The fourth-order valence-corrected chi connectivity index (χ4v) is 2.39. The maximum atomic E-state index is 5.67. The van der Waals surface area contributed by atoms with Crippen LogP contribution in [0.5, 0.6) is 5.75 Å². The van der Waals surface area contributed by atoms with Gasteiger partial charge < -0.3 is 9.26 Å². The van der Waals surface area contributed by atoms with Crippen LogP contribution in [0.25, 0.3) is 11.4 Å². The molecular formula is C16H12Br2N2O2. The Balaban J connectivity index is 1.69. The molecule has 112 valence electrons. The lowest BCUT2D eigenvalue weighted by molar-refractivity contribution is 0.243. The van der Waals surface area contributed by atoms with Crippen LogP contribution in [0, 0.1) is 6.92 Å². The first-order valence-electron chi connectivity index (χ1n) is 6.59. The number of benzene rings is 2. The van der Waals surface area contributed by atoms with Crippen LogP contribution in [-0.4, -0.2) is 10.1 Å². The first-order chi connectivity index (χ1) is 10.6. The molecular weight excluding hydrogens is 412 g/mol. The van der Waals surface area contributed by atoms with E-state index in [0.717, 1.165) is 25.8 Å². The number of ether oxygens (including phenoxy) is 1. The van der Waals surface area contributed by atoms with Crippen LogP contribution in [0.15, 0.2) is 55.9 Å². The minimum absolute atomic E-state index is 0.241. The van der Waals surface area contributed by atoms with E-state index in [-0.39, 0.29) is 6.61 Å². The average Bonchev–Trinajstić information content (AvgIpc) is 2.98. The van der Waals surface area contributed by atoms with Crippen molar-refractivity contribution in [2.75, 3.05) is 0 Å². The lowest BCUT2D eigenvalue weighted by Gasteiger charge is -2.05. The Morgan fingerprint density at radius 1 is 1.09 bits per heavy atom. The van der Waals surface area contributed by atoms with Crippen LogP contribution in [0.3, 0.4) is 0 Å². The van der Waals surface area contributed by atoms with Gasteiger partial charge in [0.05, 0.1) is 0 Å². The van der Waals surface area contributed by atoms with E-state index in [1.165, 1.54) is 0 Å². The molecule has 3 aromatic rings. The summed E-state index contributed by atoms with van der Waals surface area (Å²) in [5.74, 6) is 1.76. The Bertz CT molecular complexity index is 785. The SMILES string of the molecule is Cc1cc(OCc2nc(-c3ccc(Br)cc3)no2)ccc1Br. The van der Waals surface area contributed by atoms with Gasteiger partial charge in [-0.1, -0.05) is 37.0 Å². The second-order valence-corrected chi connectivity index (χ2v) is 6.49. The van der Waals surface area contributed by atoms with Crippen LogP contribution < -0.4 is 4.74 Å². The van der Waals surface area contributed by atoms with Gasteiger partial charge in [0.25, 0.3) is 5.89 Å². The molecule has 2 aromatic carbocycles. The molecule has 6 heteroatoms. The summed E-state index contributed by atoms with van der Waals surface area (Å²) in [5, 5.41) is 3.97. The zero-order valence-electron chi connectivity index (χ0n) is 11.7. The smallest absolute Gasteiger partial charge is 0.264 e. The summed E-state index contributed by atoms with van der Waals surface area (Å²) >= 11 is 6.86. The van der Waals surface area contributed by atoms with E-state index < -0.39 is 0 Å². The lowest BCUT2D eigenvalue weighted by Crippen LogP contribution is -1.96. The molecule has 1 heterocycles. The van der Waals surface area contributed by atoms with E-state index in [4.69, 9.17) is 9.26 Å². The van der Waals surface area contributed by atoms with Crippen LogP contribution in [0.1, 0.15) is 11.5 Å². The third-order valence-corrected chi connectivity index (χ3v) is 4.48. The van der Waals surface area contributed by atoms with Gasteiger partial charge in [-0.15, -0.1) is 0 Å². The van der Waals surface area contributed by atoms with Crippen molar-refractivity contribution in [3.05, 3.63) is 62.9 Å². The summed E-state index contributed by atoms with van der Waals surface area (Å²) in [6.45, 7) is 2.25. The quantitative estimate of drug-likeness (QED) is 0.582. The van der Waals surface area contributed by atoms with Gasteiger partial charge >= 0.3 is 0 Å². The molecule has 0 N–H and O–H groups in total. The zero-order chi connectivity index (χ0) is 15.5. The number of nitrogens with zero attached hydrogens (tertiary/aromatic N) is 2. The van der Waals surface area contributed by atoms with Gasteiger partial charge in [-0.05, 0) is 55.0 Å². The van der Waals surface area contributed by atoms with Crippen molar-refractivity contribution in [3.63, 3.8) is 0 Å². The molecule has 0 saturated heterocycles. The highest BCUT2D eigenvalue weighted by Gasteiger charge is 2.09. The molecule has 4 nitrogen and oxygen atoms in total. The third-order valence-electron chi connectivity index (χ3n) is 3.06. The normalized spacial score (nSPS) is 10.7. The van der Waals surface area contributed by atoms with E-state index in [9.17, 15) is 0 Å². The molecule has 0 atom stereocenters. The largest absolute Gasteiger partial charge is 0.484 e. The van der Waals surface area contributed by atoms with E-state index in [1.807, 2.05) is 49.4 Å². The number of hydrogen-bond acceptors (Lipinski definition) is 4. The van der Waals surface area contributed by atoms with Crippen molar-refractivity contribution in [1.29, 1.82) is 0 Å². The first-order valence-corrected chi connectivity index (χ1v) is 8.18. The summed E-state index contributed by atoms with van der Waals surface area (Å²) < 4.78 is 12.9. The summed E-state index contributed by atoms with van der Waals surface area (Å²) in [7, 11) is 0. The number of rotatable bonds is 4. The second kappa shape index (κ2) is 6.62. The summed E-state index contributed by atoms with van der Waals surface area (Å²) in [6.07, 6.45) is 0. The first kappa shape index (κ1) is 15.2. The summed E-state index contributed by atoms with van der Waals surface area (Å²) in [5.41, 5.74) is 2.01. The number of halogens is 2. The highest BCUT2D eigenvalue weighted by Crippen LogP contribution is 2.23. The van der Waals surface area contributed by atoms with Crippen LogP contribution >= 0.6 is 31.9 Å². The molecule has 0 aliphatic heterocycles. The summed E-state index contributed by atoms with van der Waals surface area (Å²) in [4.78, 5) is 4.34. The van der Waals surface area contributed by atoms with Gasteiger partial charge in [-0.2, -0.15) is 4.98 Å². The number of aromatic nitrogens is 2. The van der Waals surface area contributed by atoms with E-state index in [2.05, 4.69) is 42.0 Å². The Hall–Kier alpha value is -1.66. The summed E-state index contributed by atoms with van der Waals surface area (Å²) in [6, 6.07) is 13.5. The molecule has 0 saturated carbocycles. The Labute approximate surface area is 144 Å². The predicted molar refractivity (Wildman–Crippen MR) is 90.6 cm³/mol. The van der Waals surface area contributed by atoms with E-state index >= 15 is 0 Å². The molecule has 22 heavy (non-hydrogen) atoms. The van der Waals surface area contributed by atoms with Crippen LogP contribution in [0.4, 0.5) is 0 Å². The average molecular weight is 424 g/mol. The Morgan fingerprint density at radius 3 is 2.59 bits per heavy atom. The molecule has 0 aliphatic carbocycles. The molecule has 3 rings (SSSR count). The molecule has 0 bridgehead atoms. The van der Waals surface area contributed by atoms with Gasteiger partial charge in [0.1, 0.15) is 5.75 Å². The minimum Gasteiger partial charge on any atom is -0.484 e. The monoisotopic (exact) mass is 422 g/mol. The standard InChI is InChI=1S/C16H12Br2N2O2/c1-10-8-13(6-7-14(10)18)21-9-15-19-16(20-22-15)11-2-4-12(17)5-3-11/h2-8H,9H2,1H3. The molecule has 0 amide bonds. The Morgan fingerprint density at radius 2 is 1.86 bits per heavy atom. The number of hydrogen-bond donors (Lipinski definition) is 0. The zero-order valence-corrected chi connectivity index (χ0v) is 14.9. The van der Waals surface area contributed by atoms with E-state index in [0.29, 0.717) is 11.7 Å². The lowest BCUT2D eigenvalue weighted by atomic mass is 10.2. The molecule has 0 radical (unpaired) electrons. The highest BCUT2D eigenvalue weighted by molar-refractivity contribution is 9.10. The fraction of sp³-hybridized carbons (Fsp3) is 0.125. The van der Waals surface area contributed by atoms with Crippen molar-refractivity contribution in [2.45, 2.75) is 13.5 Å². The van der Waals surface area contributed by atoms with Gasteiger partial charge in [0.2, 0.25) is 5.82 Å². The van der Waals surface area contributed by atoms with Gasteiger partial charge in [-0.3, -0.25) is 0 Å². The fourth-order valence-electron chi connectivity index (χ4n) is 1.88. The maximum Gasteiger partial charge on any atom is 0.264 e. The van der Waals surface area contributed by atoms with Crippen molar-refractivity contribution in [3.8, 4) is 17.1 Å². The minimum atomic E-state index is 0.241. The Kier molecular flexibility index (Phi) is 4.59. The number of aryl methyl sites for hydroxylation is 1. The van der Waals surface area contributed by atoms with Gasteiger partial charge in [0.15, 0.2) is 6.61 Å². The van der Waals surface area contributed by atoms with Crippen LogP contribution in [0.2, 0.25) is 0 Å². The predicted octanol–water partition coefficient (Wildman–Crippen LogP) is 5.15. The second-order valence-electron chi connectivity index (χ2n) is 4.72. The van der Waals surface area contributed by atoms with Crippen molar-refractivity contribution < 1.29 is 9.26 Å². The van der Waals surface area contributed by atoms with Gasteiger partial charge in [-0.25, -0.2) is 0 Å². The molecule has 0 aliphatic rings. The third kappa shape index (κ3) is 3.56. The highest BCUT2D eigenvalue weighted by atomic mass is 79.9.